The van der Waals surface area contributed by atoms with E-state index in [2.05, 4.69) is 4.98 Å². The summed E-state index contributed by atoms with van der Waals surface area (Å²) in [5.74, 6) is -1.20. The highest BCUT2D eigenvalue weighted by Gasteiger charge is 2.07. The number of rotatable bonds is 3. The van der Waals surface area contributed by atoms with Crippen molar-refractivity contribution in [3.8, 4) is 5.75 Å². The Balaban J connectivity index is 2.17. The van der Waals surface area contributed by atoms with Gasteiger partial charge in [0.05, 0.1) is 6.20 Å². The highest BCUT2D eigenvalue weighted by atomic mass is 19.1. The third-order valence-electron chi connectivity index (χ3n) is 2.74. The fourth-order valence-corrected chi connectivity index (χ4v) is 1.52. The minimum atomic E-state index is -0.777. The van der Waals surface area contributed by atoms with Gasteiger partial charge in [-0.1, -0.05) is 0 Å². The molecule has 0 fully saturated rings. The predicted molar refractivity (Wildman–Crippen MR) is 64.9 cm³/mol. The first-order valence-corrected chi connectivity index (χ1v) is 5.58. The summed E-state index contributed by atoms with van der Waals surface area (Å²) in [5.41, 5.74) is 0.484. The molecule has 0 aromatic carbocycles. The van der Waals surface area contributed by atoms with E-state index >= 15 is 0 Å². The van der Waals surface area contributed by atoms with E-state index in [-0.39, 0.29) is 17.9 Å². The van der Waals surface area contributed by atoms with Gasteiger partial charge in [0.2, 0.25) is 0 Å². The summed E-state index contributed by atoms with van der Waals surface area (Å²) in [4.78, 5) is 15.1. The van der Waals surface area contributed by atoms with Gasteiger partial charge in [-0.25, -0.2) is 8.78 Å². The molecule has 0 atom stereocenters. The van der Waals surface area contributed by atoms with Gasteiger partial charge in [0, 0.05) is 24.9 Å². The number of hydrogen-bond acceptors (Lipinski definition) is 3. The zero-order valence-corrected chi connectivity index (χ0v) is 10.5. The standard InChI is InChI=1S/C13H12F2N2O2/c1-8-3-10(5-13(18)17(8)2)19-7-12-11(15)4-9(14)6-16-12/h3-6H,7H2,1-2H3. The Morgan fingerprint density at radius 3 is 2.68 bits per heavy atom. The van der Waals surface area contributed by atoms with E-state index in [1.54, 1.807) is 20.0 Å². The quantitative estimate of drug-likeness (QED) is 0.852. The molecule has 4 nitrogen and oxygen atoms in total. The van der Waals surface area contributed by atoms with Crippen LogP contribution in [0.3, 0.4) is 0 Å². The summed E-state index contributed by atoms with van der Waals surface area (Å²) in [5, 5.41) is 0. The number of nitrogens with zero attached hydrogens (tertiary/aromatic N) is 2. The SMILES string of the molecule is Cc1cc(OCc2ncc(F)cc2F)cc(=O)n1C. The molecule has 0 amide bonds. The summed E-state index contributed by atoms with van der Waals surface area (Å²) in [6, 6.07) is 3.69. The van der Waals surface area contributed by atoms with Crippen molar-refractivity contribution < 1.29 is 13.5 Å². The van der Waals surface area contributed by atoms with Crippen LogP contribution >= 0.6 is 0 Å². The number of aryl methyl sites for hydroxylation is 1. The third-order valence-corrected chi connectivity index (χ3v) is 2.74. The normalized spacial score (nSPS) is 10.5. The first kappa shape index (κ1) is 13.2. The molecule has 2 aromatic heterocycles. The number of aromatic nitrogens is 2. The Bertz CT molecular complexity index is 668. The molecule has 6 heteroatoms. The fraction of sp³-hybridized carbons (Fsp3) is 0.231. The second-order valence-corrected chi connectivity index (χ2v) is 4.10. The lowest BCUT2D eigenvalue weighted by Gasteiger charge is -2.09. The van der Waals surface area contributed by atoms with Crippen molar-refractivity contribution in [2.75, 3.05) is 0 Å². The number of ether oxygens (including phenoxy) is 1. The third kappa shape index (κ3) is 2.96. The van der Waals surface area contributed by atoms with Crippen LogP contribution in [0.25, 0.3) is 0 Å². The monoisotopic (exact) mass is 266 g/mol. The van der Waals surface area contributed by atoms with Gasteiger partial charge in [-0.05, 0) is 13.0 Å². The number of hydrogen-bond donors (Lipinski definition) is 0. The largest absolute Gasteiger partial charge is 0.487 e. The van der Waals surface area contributed by atoms with Crippen molar-refractivity contribution in [1.82, 2.24) is 9.55 Å². The van der Waals surface area contributed by atoms with E-state index in [1.807, 2.05) is 0 Å². The summed E-state index contributed by atoms with van der Waals surface area (Å²) < 4.78 is 32.8. The smallest absolute Gasteiger partial charge is 0.254 e. The summed E-state index contributed by atoms with van der Waals surface area (Å²) in [6.07, 6.45) is 0.914. The van der Waals surface area contributed by atoms with Crippen molar-refractivity contribution in [1.29, 1.82) is 0 Å². The van der Waals surface area contributed by atoms with Gasteiger partial charge in [-0.3, -0.25) is 9.78 Å². The van der Waals surface area contributed by atoms with Gasteiger partial charge in [-0.15, -0.1) is 0 Å². The molecule has 2 aromatic rings. The Morgan fingerprint density at radius 1 is 1.32 bits per heavy atom. The van der Waals surface area contributed by atoms with E-state index in [4.69, 9.17) is 4.74 Å². The molecule has 0 radical (unpaired) electrons. The van der Waals surface area contributed by atoms with Gasteiger partial charge in [-0.2, -0.15) is 0 Å². The second-order valence-electron chi connectivity index (χ2n) is 4.10. The molecule has 0 aliphatic heterocycles. The molecule has 0 unspecified atom stereocenters. The average molecular weight is 266 g/mol. The van der Waals surface area contributed by atoms with E-state index in [0.29, 0.717) is 5.75 Å². The lowest BCUT2D eigenvalue weighted by Crippen LogP contribution is -2.18. The molecule has 2 rings (SSSR count). The van der Waals surface area contributed by atoms with Gasteiger partial charge in [0.15, 0.2) is 5.82 Å². The number of halogens is 2. The van der Waals surface area contributed by atoms with E-state index in [9.17, 15) is 13.6 Å². The molecule has 0 saturated heterocycles. The first-order valence-electron chi connectivity index (χ1n) is 5.58. The molecule has 0 N–H and O–H groups in total. The minimum Gasteiger partial charge on any atom is -0.487 e. The van der Waals surface area contributed by atoms with Gasteiger partial charge in [0.25, 0.3) is 5.56 Å². The van der Waals surface area contributed by atoms with Crippen LogP contribution in [-0.2, 0) is 13.7 Å². The van der Waals surface area contributed by atoms with Crippen molar-refractivity contribution >= 4 is 0 Å². The van der Waals surface area contributed by atoms with E-state index in [1.165, 1.54) is 10.6 Å². The first-order chi connectivity index (χ1) is 8.97. The van der Waals surface area contributed by atoms with E-state index < -0.39 is 11.6 Å². The molecule has 0 aliphatic carbocycles. The highest BCUT2D eigenvalue weighted by molar-refractivity contribution is 5.23. The van der Waals surface area contributed by atoms with Crippen molar-refractivity contribution in [2.24, 2.45) is 7.05 Å². The molecular weight excluding hydrogens is 254 g/mol. The van der Waals surface area contributed by atoms with Crippen LogP contribution in [0.5, 0.6) is 5.75 Å². The Hall–Kier alpha value is -2.24. The van der Waals surface area contributed by atoms with Crippen molar-refractivity contribution in [3.05, 3.63) is 57.8 Å². The maximum absolute atomic E-state index is 13.3. The van der Waals surface area contributed by atoms with Crippen molar-refractivity contribution in [2.45, 2.75) is 13.5 Å². The zero-order valence-electron chi connectivity index (χ0n) is 10.5. The second kappa shape index (κ2) is 5.17. The molecule has 0 saturated carbocycles. The number of pyridine rings is 2. The van der Waals surface area contributed by atoms with Crippen LogP contribution in [0.15, 0.2) is 29.2 Å². The van der Waals surface area contributed by atoms with Crippen LogP contribution in [-0.4, -0.2) is 9.55 Å². The zero-order chi connectivity index (χ0) is 14.0. The summed E-state index contributed by atoms with van der Waals surface area (Å²) in [7, 11) is 1.64. The van der Waals surface area contributed by atoms with E-state index in [0.717, 1.165) is 18.0 Å². The maximum atomic E-state index is 13.3. The van der Waals surface area contributed by atoms with Crippen LogP contribution < -0.4 is 10.3 Å². The molecule has 100 valence electrons. The molecule has 19 heavy (non-hydrogen) atoms. The Labute approximate surface area is 108 Å². The predicted octanol–water partition coefficient (Wildman–Crippen LogP) is 1.95. The fourth-order valence-electron chi connectivity index (χ4n) is 1.52. The lowest BCUT2D eigenvalue weighted by molar-refractivity contribution is 0.292. The van der Waals surface area contributed by atoms with Crippen LogP contribution in [0.2, 0.25) is 0 Å². The van der Waals surface area contributed by atoms with Crippen LogP contribution in [0.1, 0.15) is 11.4 Å². The Morgan fingerprint density at radius 2 is 2.05 bits per heavy atom. The maximum Gasteiger partial charge on any atom is 0.254 e. The van der Waals surface area contributed by atoms with Gasteiger partial charge in [0.1, 0.15) is 23.9 Å². The van der Waals surface area contributed by atoms with Gasteiger partial charge >= 0.3 is 0 Å². The molecule has 0 aliphatic rings. The van der Waals surface area contributed by atoms with Crippen LogP contribution in [0, 0.1) is 18.6 Å². The lowest BCUT2D eigenvalue weighted by atomic mass is 10.3. The molecular formula is C13H12F2N2O2. The van der Waals surface area contributed by atoms with Crippen LogP contribution in [0.4, 0.5) is 8.78 Å². The summed E-state index contributed by atoms with van der Waals surface area (Å²) in [6.45, 7) is 1.59. The summed E-state index contributed by atoms with van der Waals surface area (Å²) >= 11 is 0. The average Bonchev–Trinajstić information content (AvgIpc) is 2.34. The highest BCUT2D eigenvalue weighted by Crippen LogP contribution is 2.13. The minimum absolute atomic E-state index is 0.0141. The van der Waals surface area contributed by atoms with Crippen molar-refractivity contribution in [3.63, 3.8) is 0 Å². The van der Waals surface area contributed by atoms with Gasteiger partial charge < -0.3 is 9.30 Å². The molecule has 2 heterocycles. The topological polar surface area (TPSA) is 44.1 Å². The Kier molecular flexibility index (Phi) is 3.59. The molecule has 0 bridgehead atoms. The molecule has 0 spiro atoms.